The Morgan fingerprint density at radius 3 is 3.06 bits per heavy atom. The van der Waals surface area contributed by atoms with Crippen LogP contribution in [0, 0.1) is 12.7 Å². The summed E-state index contributed by atoms with van der Waals surface area (Å²) in [6.45, 7) is 3.53. The lowest BCUT2D eigenvalue weighted by Gasteiger charge is -2.23. The average Bonchev–Trinajstić information content (AvgIpc) is 2.29. The summed E-state index contributed by atoms with van der Waals surface area (Å²) >= 11 is 0. The molecule has 1 unspecified atom stereocenters. The molecule has 3 nitrogen and oxygen atoms in total. The molecular weight excluding hydrogens is 209 g/mol. The zero-order valence-electron chi connectivity index (χ0n) is 9.33. The van der Waals surface area contributed by atoms with Crippen LogP contribution in [0.4, 0.5) is 10.1 Å². The Balaban J connectivity index is 1.88. The highest BCUT2D eigenvalue weighted by Gasteiger charge is 2.14. The number of nitrogens with one attached hydrogen (secondary N) is 1. The molecule has 1 N–H and O–H groups in total. The summed E-state index contributed by atoms with van der Waals surface area (Å²) in [7, 11) is 0. The molecule has 16 heavy (non-hydrogen) atoms. The predicted molar refractivity (Wildman–Crippen MR) is 59.9 cm³/mol. The second kappa shape index (κ2) is 5.27. The standard InChI is InChI=1S/C12H16FNO2/c1-9-2-3-12(11(13)6-9)14-7-10-4-5-15-8-16-10/h2-3,6,10,14H,4-5,7-8H2,1H3. The second-order valence-electron chi connectivity index (χ2n) is 3.97. The van der Waals surface area contributed by atoms with Gasteiger partial charge < -0.3 is 14.8 Å². The van der Waals surface area contributed by atoms with Gasteiger partial charge in [-0.2, -0.15) is 0 Å². The fourth-order valence-corrected chi connectivity index (χ4v) is 1.65. The smallest absolute Gasteiger partial charge is 0.147 e. The van der Waals surface area contributed by atoms with Crippen LogP contribution in [0.2, 0.25) is 0 Å². The summed E-state index contributed by atoms with van der Waals surface area (Å²) < 4.78 is 23.9. The normalized spacial score (nSPS) is 20.8. The molecule has 0 radical (unpaired) electrons. The van der Waals surface area contributed by atoms with Gasteiger partial charge in [0, 0.05) is 6.54 Å². The number of hydrogen-bond donors (Lipinski definition) is 1. The first kappa shape index (κ1) is 11.4. The van der Waals surface area contributed by atoms with Crippen LogP contribution >= 0.6 is 0 Å². The molecule has 1 aliphatic heterocycles. The molecule has 1 saturated heterocycles. The number of benzene rings is 1. The van der Waals surface area contributed by atoms with Crippen LogP contribution in [0.1, 0.15) is 12.0 Å². The highest BCUT2D eigenvalue weighted by Crippen LogP contribution is 2.16. The Bertz CT molecular complexity index is 351. The topological polar surface area (TPSA) is 30.5 Å². The molecule has 0 aliphatic carbocycles. The van der Waals surface area contributed by atoms with Gasteiger partial charge in [0.25, 0.3) is 0 Å². The van der Waals surface area contributed by atoms with E-state index in [0.29, 0.717) is 25.6 Å². The van der Waals surface area contributed by atoms with Gasteiger partial charge in [0.15, 0.2) is 0 Å². The van der Waals surface area contributed by atoms with E-state index in [-0.39, 0.29) is 11.9 Å². The van der Waals surface area contributed by atoms with E-state index >= 15 is 0 Å². The summed E-state index contributed by atoms with van der Waals surface area (Å²) in [6.07, 6.45) is 0.954. The van der Waals surface area contributed by atoms with Crippen molar-refractivity contribution in [2.75, 3.05) is 25.3 Å². The van der Waals surface area contributed by atoms with E-state index in [1.54, 1.807) is 6.07 Å². The van der Waals surface area contributed by atoms with E-state index in [9.17, 15) is 4.39 Å². The lowest BCUT2D eigenvalue weighted by Crippen LogP contribution is -2.30. The molecule has 1 heterocycles. The summed E-state index contributed by atoms with van der Waals surface area (Å²) in [5.74, 6) is -0.216. The fraction of sp³-hybridized carbons (Fsp3) is 0.500. The first-order valence-electron chi connectivity index (χ1n) is 5.45. The van der Waals surface area contributed by atoms with Gasteiger partial charge in [0.1, 0.15) is 12.6 Å². The molecular formula is C12H16FNO2. The van der Waals surface area contributed by atoms with Gasteiger partial charge in [-0.1, -0.05) is 6.07 Å². The number of anilines is 1. The number of hydrogen-bond acceptors (Lipinski definition) is 3. The summed E-state index contributed by atoms with van der Waals surface area (Å²) in [4.78, 5) is 0. The monoisotopic (exact) mass is 225 g/mol. The Hall–Kier alpha value is -1.13. The van der Waals surface area contributed by atoms with Gasteiger partial charge >= 0.3 is 0 Å². The van der Waals surface area contributed by atoms with Crippen molar-refractivity contribution in [1.29, 1.82) is 0 Å². The lowest BCUT2D eigenvalue weighted by atomic mass is 10.2. The van der Waals surface area contributed by atoms with Gasteiger partial charge in [-0.25, -0.2) is 4.39 Å². The second-order valence-corrected chi connectivity index (χ2v) is 3.97. The van der Waals surface area contributed by atoms with E-state index in [1.165, 1.54) is 6.07 Å². The van der Waals surface area contributed by atoms with Crippen LogP contribution in [0.5, 0.6) is 0 Å². The molecule has 1 aromatic carbocycles. The van der Waals surface area contributed by atoms with Gasteiger partial charge in [-0.05, 0) is 31.0 Å². The highest BCUT2D eigenvalue weighted by atomic mass is 19.1. The van der Waals surface area contributed by atoms with Crippen molar-refractivity contribution >= 4 is 5.69 Å². The van der Waals surface area contributed by atoms with Crippen molar-refractivity contribution in [3.63, 3.8) is 0 Å². The number of aryl methyl sites for hydroxylation is 1. The van der Waals surface area contributed by atoms with Crippen LogP contribution < -0.4 is 5.32 Å². The molecule has 1 atom stereocenters. The van der Waals surface area contributed by atoms with Gasteiger partial charge in [0.2, 0.25) is 0 Å². The maximum Gasteiger partial charge on any atom is 0.147 e. The molecule has 1 aromatic rings. The van der Waals surface area contributed by atoms with Gasteiger partial charge in [0.05, 0.1) is 18.4 Å². The molecule has 0 aromatic heterocycles. The Morgan fingerprint density at radius 1 is 1.50 bits per heavy atom. The molecule has 88 valence electrons. The highest BCUT2D eigenvalue weighted by molar-refractivity contribution is 5.46. The number of ether oxygens (including phenoxy) is 2. The van der Waals surface area contributed by atoms with Crippen LogP contribution in [0.15, 0.2) is 18.2 Å². The van der Waals surface area contributed by atoms with E-state index in [4.69, 9.17) is 9.47 Å². The minimum absolute atomic E-state index is 0.106. The van der Waals surface area contributed by atoms with Gasteiger partial charge in [-0.3, -0.25) is 0 Å². The van der Waals surface area contributed by atoms with Crippen molar-refractivity contribution in [3.8, 4) is 0 Å². The van der Waals surface area contributed by atoms with Gasteiger partial charge in [-0.15, -0.1) is 0 Å². The molecule has 4 heteroatoms. The van der Waals surface area contributed by atoms with Crippen molar-refractivity contribution < 1.29 is 13.9 Å². The first-order chi connectivity index (χ1) is 7.75. The summed E-state index contributed by atoms with van der Waals surface area (Å²) in [6, 6.07) is 5.16. The summed E-state index contributed by atoms with van der Waals surface area (Å²) in [5.41, 5.74) is 1.45. The van der Waals surface area contributed by atoms with Crippen molar-refractivity contribution in [2.24, 2.45) is 0 Å². The lowest BCUT2D eigenvalue weighted by molar-refractivity contribution is -0.133. The molecule has 0 bridgehead atoms. The Kier molecular flexibility index (Phi) is 3.74. The van der Waals surface area contributed by atoms with Crippen molar-refractivity contribution in [2.45, 2.75) is 19.4 Å². The third-order valence-electron chi connectivity index (χ3n) is 2.62. The SMILES string of the molecule is Cc1ccc(NCC2CCOCO2)c(F)c1. The minimum Gasteiger partial charge on any atom is -0.380 e. The fourth-order valence-electron chi connectivity index (χ4n) is 1.65. The van der Waals surface area contributed by atoms with Crippen LogP contribution in [0.3, 0.4) is 0 Å². The molecule has 2 rings (SSSR count). The Labute approximate surface area is 94.6 Å². The van der Waals surface area contributed by atoms with Crippen molar-refractivity contribution in [3.05, 3.63) is 29.6 Å². The third-order valence-corrected chi connectivity index (χ3v) is 2.62. The zero-order chi connectivity index (χ0) is 11.4. The molecule has 1 fully saturated rings. The predicted octanol–water partition coefficient (Wildman–Crippen LogP) is 2.31. The Morgan fingerprint density at radius 2 is 2.38 bits per heavy atom. The van der Waals surface area contributed by atoms with Crippen LogP contribution in [0.25, 0.3) is 0 Å². The van der Waals surface area contributed by atoms with E-state index in [1.807, 2.05) is 13.0 Å². The quantitative estimate of drug-likeness (QED) is 0.856. The average molecular weight is 225 g/mol. The number of rotatable bonds is 3. The molecule has 0 saturated carbocycles. The summed E-state index contributed by atoms with van der Waals surface area (Å²) in [5, 5.41) is 3.05. The van der Waals surface area contributed by atoms with Crippen molar-refractivity contribution in [1.82, 2.24) is 0 Å². The van der Waals surface area contributed by atoms with E-state index in [2.05, 4.69) is 5.32 Å². The van der Waals surface area contributed by atoms with Crippen LogP contribution in [-0.2, 0) is 9.47 Å². The van der Waals surface area contributed by atoms with E-state index < -0.39 is 0 Å². The maximum atomic E-state index is 13.5. The molecule has 0 amide bonds. The minimum atomic E-state index is -0.216. The first-order valence-corrected chi connectivity index (χ1v) is 5.45. The van der Waals surface area contributed by atoms with E-state index in [0.717, 1.165) is 12.0 Å². The zero-order valence-corrected chi connectivity index (χ0v) is 9.33. The molecule has 1 aliphatic rings. The third kappa shape index (κ3) is 2.93. The van der Waals surface area contributed by atoms with Crippen LogP contribution in [-0.4, -0.2) is 26.0 Å². The number of halogens is 1. The largest absolute Gasteiger partial charge is 0.380 e. The molecule has 0 spiro atoms. The maximum absolute atomic E-state index is 13.5.